The number of para-hydroxylation sites is 1. The van der Waals surface area contributed by atoms with Crippen molar-refractivity contribution in [3.8, 4) is 22.6 Å². The van der Waals surface area contributed by atoms with Crippen LogP contribution >= 0.6 is 0 Å². The standard InChI is InChI=1S/C14H14O2/c1-9-5-3-7-12(14(9)16)11-6-4-8-13(15)10(11)2/h3-8,15-16H,1-2H3. The van der Waals surface area contributed by atoms with Gasteiger partial charge in [0, 0.05) is 5.56 Å². The molecule has 0 atom stereocenters. The van der Waals surface area contributed by atoms with Crippen LogP contribution in [0.3, 0.4) is 0 Å². The molecule has 0 radical (unpaired) electrons. The van der Waals surface area contributed by atoms with Crippen LogP contribution in [-0.4, -0.2) is 10.2 Å². The first-order valence-electron chi connectivity index (χ1n) is 5.19. The van der Waals surface area contributed by atoms with Crippen LogP contribution in [0.5, 0.6) is 11.5 Å². The molecule has 82 valence electrons. The topological polar surface area (TPSA) is 40.5 Å². The molecule has 0 aromatic heterocycles. The van der Waals surface area contributed by atoms with Crippen LogP contribution in [0.15, 0.2) is 36.4 Å². The first kappa shape index (κ1) is 10.6. The third kappa shape index (κ3) is 1.63. The Kier molecular flexibility index (Phi) is 2.57. The molecule has 0 bridgehead atoms. The molecule has 0 saturated carbocycles. The fraction of sp³-hybridized carbons (Fsp3) is 0.143. The van der Waals surface area contributed by atoms with Crippen molar-refractivity contribution in [2.45, 2.75) is 13.8 Å². The predicted octanol–water partition coefficient (Wildman–Crippen LogP) is 3.38. The van der Waals surface area contributed by atoms with Crippen molar-refractivity contribution in [3.63, 3.8) is 0 Å². The Hall–Kier alpha value is -1.96. The number of aromatic hydroxyl groups is 2. The van der Waals surface area contributed by atoms with E-state index in [9.17, 15) is 10.2 Å². The van der Waals surface area contributed by atoms with Crippen LogP contribution in [0.2, 0.25) is 0 Å². The number of aryl methyl sites for hydroxylation is 1. The quantitative estimate of drug-likeness (QED) is 0.764. The SMILES string of the molecule is Cc1cccc(-c2cccc(O)c2C)c1O. The lowest BCUT2D eigenvalue weighted by atomic mass is 9.97. The van der Waals surface area contributed by atoms with E-state index in [1.807, 2.05) is 38.1 Å². The second-order valence-electron chi connectivity index (χ2n) is 3.92. The first-order valence-corrected chi connectivity index (χ1v) is 5.19. The molecule has 2 rings (SSSR count). The van der Waals surface area contributed by atoms with Crippen molar-refractivity contribution in [3.05, 3.63) is 47.5 Å². The zero-order valence-corrected chi connectivity index (χ0v) is 9.36. The van der Waals surface area contributed by atoms with Gasteiger partial charge in [-0.15, -0.1) is 0 Å². The van der Waals surface area contributed by atoms with Crippen molar-refractivity contribution >= 4 is 0 Å². The van der Waals surface area contributed by atoms with E-state index in [2.05, 4.69) is 0 Å². The fourth-order valence-electron chi connectivity index (χ4n) is 1.79. The van der Waals surface area contributed by atoms with Gasteiger partial charge in [-0.25, -0.2) is 0 Å². The smallest absolute Gasteiger partial charge is 0.126 e. The summed E-state index contributed by atoms with van der Waals surface area (Å²) in [6, 6.07) is 10.9. The molecule has 2 N–H and O–H groups in total. The predicted molar refractivity (Wildman–Crippen MR) is 64.7 cm³/mol. The van der Waals surface area contributed by atoms with Gasteiger partial charge in [0.05, 0.1) is 0 Å². The minimum Gasteiger partial charge on any atom is -0.508 e. The van der Waals surface area contributed by atoms with Gasteiger partial charge in [-0.2, -0.15) is 0 Å². The third-order valence-electron chi connectivity index (χ3n) is 2.83. The van der Waals surface area contributed by atoms with E-state index in [-0.39, 0.29) is 11.5 Å². The van der Waals surface area contributed by atoms with Crippen LogP contribution in [0.4, 0.5) is 0 Å². The van der Waals surface area contributed by atoms with E-state index in [1.54, 1.807) is 12.1 Å². The van der Waals surface area contributed by atoms with E-state index in [4.69, 9.17) is 0 Å². The molecule has 0 heterocycles. The lowest BCUT2D eigenvalue weighted by Crippen LogP contribution is -1.86. The second-order valence-corrected chi connectivity index (χ2v) is 3.92. The number of phenols is 2. The van der Waals surface area contributed by atoms with Gasteiger partial charge < -0.3 is 10.2 Å². The summed E-state index contributed by atoms with van der Waals surface area (Å²) >= 11 is 0. The summed E-state index contributed by atoms with van der Waals surface area (Å²) in [5.74, 6) is 0.523. The summed E-state index contributed by atoms with van der Waals surface area (Å²) in [7, 11) is 0. The maximum atomic E-state index is 9.98. The number of hydrogen-bond acceptors (Lipinski definition) is 2. The Morgan fingerprint density at radius 1 is 0.812 bits per heavy atom. The molecule has 0 aliphatic heterocycles. The molecule has 0 aliphatic carbocycles. The van der Waals surface area contributed by atoms with Crippen molar-refractivity contribution in [2.24, 2.45) is 0 Å². The highest BCUT2D eigenvalue weighted by Crippen LogP contribution is 2.36. The lowest BCUT2D eigenvalue weighted by Gasteiger charge is -2.10. The average molecular weight is 214 g/mol. The minimum absolute atomic E-state index is 0.249. The van der Waals surface area contributed by atoms with Gasteiger partial charge in [-0.1, -0.05) is 30.3 Å². The Bertz CT molecular complexity index is 481. The summed E-state index contributed by atoms with van der Waals surface area (Å²) in [4.78, 5) is 0. The largest absolute Gasteiger partial charge is 0.508 e. The molecule has 2 nitrogen and oxygen atoms in total. The third-order valence-corrected chi connectivity index (χ3v) is 2.83. The molecule has 2 heteroatoms. The highest BCUT2D eigenvalue weighted by atomic mass is 16.3. The number of benzene rings is 2. The molecule has 2 aromatic carbocycles. The van der Waals surface area contributed by atoms with Gasteiger partial charge in [0.15, 0.2) is 0 Å². The van der Waals surface area contributed by atoms with Crippen LogP contribution in [0.25, 0.3) is 11.1 Å². The lowest BCUT2D eigenvalue weighted by molar-refractivity contribution is 0.469. The van der Waals surface area contributed by atoms with Crippen molar-refractivity contribution in [1.82, 2.24) is 0 Å². The Balaban J connectivity index is 2.68. The second kappa shape index (κ2) is 3.89. The van der Waals surface area contributed by atoms with Gasteiger partial charge in [-0.05, 0) is 36.6 Å². The number of phenolic OH excluding ortho intramolecular Hbond substituents is 2. The molecule has 2 aromatic rings. The van der Waals surface area contributed by atoms with E-state index in [0.717, 1.165) is 22.3 Å². The van der Waals surface area contributed by atoms with Crippen LogP contribution in [-0.2, 0) is 0 Å². The molecule has 0 amide bonds. The summed E-state index contributed by atoms with van der Waals surface area (Å²) in [5, 5.41) is 19.6. The van der Waals surface area contributed by atoms with E-state index < -0.39 is 0 Å². The summed E-state index contributed by atoms with van der Waals surface area (Å²) in [5.41, 5.74) is 3.23. The number of hydrogen-bond donors (Lipinski definition) is 2. The minimum atomic E-state index is 0.249. The molecular weight excluding hydrogens is 200 g/mol. The fourth-order valence-corrected chi connectivity index (χ4v) is 1.79. The van der Waals surface area contributed by atoms with E-state index in [1.165, 1.54) is 0 Å². The maximum absolute atomic E-state index is 9.98. The molecule has 0 spiro atoms. The highest BCUT2D eigenvalue weighted by Gasteiger charge is 2.10. The summed E-state index contributed by atoms with van der Waals surface area (Å²) in [6.45, 7) is 3.70. The molecule has 0 fully saturated rings. The van der Waals surface area contributed by atoms with Crippen LogP contribution < -0.4 is 0 Å². The molecule has 0 unspecified atom stereocenters. The number of rotatable bonds is 1. The highest BCUT2D eigenvalue weighted by molar-refractivity contribution is 5.75. The zero-order valence-electron chi connectivity index (χ0n) is 9.36. The first-order chi connectivity index (χ1) is 7.61. The maximum Gasteiger partial charge on any atom is 0.126 e. The molecule has 0 saturated heterocycles. The van der Waals surface area contributed by atoms with Gasteiger partial charge in [0.1, 0.15) is 11.5 Å². The molecular formula is C14H14O2. The Labute approximate surface area is 94.8 Å². The summed E-state index contributed by atoms with van der Waals surface area (Å²) in [6.07, 6.45) is 0. The van der Waals surface area contributed by atoms with Gasteiger partial charge in [0.2, 0.25) is 0 Å². The van der Waals surface area contributed by atoms with Gasteiger partial charge in [0.25, 0.3) is 0 Å². The molecule has 16 heavy (non-hydrogen) atoms. The van der Waals surface area contributed by atoms with Gasteiger partial charge >= 0.3 is 0 Å². The Morgan fingerprint density at radius 3 is 2.19 bits per heavy atom. The Morgan fingerprint density at radius 2 is 1.44 bits per heavy atom. The van der Waals surface area contributed by atoms with E-state index >= 15 is 0 Å². The van der Waals surface area contributed by atoms with Gasteiger partial charge in [-0.3, -0.25) is 0 Å². The van der Waals surface area contributed by atoms with Crippen LogP contribution in [0, 0.1) is 13.8 Å². The normalized spacial score (nSPS) is 10.4. The van der Waals surface area contributed by atoms with E-state index in [0.29, 0.717) is 0 Å². The summed E-state index contributed by atoms with van der Waals surface area (Å²) < 4.78 is 0. The monoisotopic (exact) mass is 214 g/mol. The molecule has 0 aliphatic rings. The zero-order chi connectivity index (χ0) is 11.7. The van der Waals surface area contributed by atoms with Crippen molar-refractivity contribution < 1.29 is 10.2 Å². The van der Waals surface area contributed by atoms with Crippen molar-refractivity contribution in [2.75, 3.05) is 0 Å². The van der Waals surface area contributed by atoms with Crippen LogP contribution in [0.1, 0.15) is 11.1 Å². The average Bonchev–Trinajstić information content (AvgIpc) is 2.27. The van der Waals surface area contributed by atoms with Crippen molar-refractivity contribution in [1.29, 1.82) is 0 Å².